The molecule has 2 aromatic carbocycles. The minimum absolute atomic E-state index is 0. The molecule has 0 amide bonds. The molecule has 3 aromatic rings. The summed E-state index contributed by atoms with van der Waals surface area (Å²) in [6, 6.07) is 11.3. The molecule has 0 aliphatic carbocycles. The summed E-state index contributed by atoms with van der Waals surface area (Å²) in [6.45, 7) is 0. The number of amidine groups is 1. The van der Waals surface area contributed by atoms with Crippen LogP contribution in [0.25, 0.3) is 11.4 Å². The SMILES string of the molecule is COC(=O)CCc1ccc(-n2c(C(F)(F)F)nn(-c3ccc(C(=N)N)cc3)c2=O)cc1.Cl. The summed E-state index contributed by atoms with van der Waals surface area (Å²) in [4.78, 5) is 24.1. The highest BCUT2D eigenvalue weighted by molar-refractivity contribution is 5.95. The number of nitrogen functional groups attached to an aromatic ring is 1. The lowest BCUT2D eigenvalue weighted by Crippen LogP contribution is -2.25. The van der Waals surface area contributed by atoms with Crippen molar-refractivity contribution < 1.29 is 22.7 Å². The summed E-state index contributed by atoms with van der Waals surface area (Å²) in [5, 5.41) is 10.9. The molecular weight excluding hydrogens is 451 g/mol. The quantitative estimate of drug-likeness (QED) is 0.327. The first-order valence-corrected chi connectivity index (χ1v) is 9.02. The van der Waals surface area contributed by atoms with Crippen LogP contribution in [0.4, 0.5) is 13.2 Å². The van der Waals surface area contributed by atoms with Gasteiger partial charge in [-0.25, -0.2) is 9.36 Å². The fourth-order valence-electron chi connectivity index (χ4n) is 2.89. The number of aromatic nitrogens is 3. The van der Waals surface area contributed by atoms with E-state index >= 15 is 0 Å². The molecule has 0 radical (unpaired) electrons. The van der Waals surface area contributed by atoms with E-state index in [1.165, 1.54) is 55.6 Å². The molecule has 0 aliphatic rings. The number of alkyl halides is 3. The molecule has 0 fully saturated rings. The number of carbonyl (C=O) groups excluding carboxylic acids is 1. The van der Waals surface area contributed by atoms with E-state index < -0.39 is 23.7 Å². The first kappa shape index (κ1) is 24.7. The normalized spacial score (nSPS) is 11.0. The van der Waals surface area contributed by atoms with Gasteiger partial charge in [0.1, 0.15) is 5.84 Å². The van der Waals surface area contributed by atoms with E-state index in [2.05, 4.69) is 9.84 Å². The van der Waals surface area contributed by atoms with Crippen LogP contribution in [0.2, 0.25) is 0 Å². The predicted octanol–water partition coefficient (Wildman–Crippen LogP) is 2.85. The molecule has 0 unspecified atom stereocenters. The number of hydrogen-bond acceptors (Lipinski definition) is 5. The van der Waals surface area contributed by atoms with Crippen molar-refractivity contribution >= 4 is 24.2 Å². The monoisotopic (exact) mass is 469 g/mol. The van der Waals surface area contributed by atoms with Gasteiger partial charge in [0, 0.05) is 12.0 Å². The Morgan fingerprint density at radius 1 is 1.09 bits per heavy atom. The fourth-order valence-corrected chi connectivity index (χ4v) is 2.89. The number of nitrogens with one attached hydrogen (secondary N) is 1. The van der Waals surface area contributed by atoms with E-state index in [9.17, 15) is 22.8 Å². The largest absolute Gasteiger partial charge is 0.469 e. The van der Waals surface area contributed by atoms with Crippen molar-refractivity contribution in [3.63, 3.8) is 0 Å². The highest BCUT2D eigenvalue weighted by atomic mass is 35.5. The van der Waals surface area contributed by atoms with Crippen LogP contribution >= 0.6 is 12.4 Å². The second kappa shape index (κ2) is 9.69. The number of nitrogens with zero attached hydrogens (tertiary/aromatic N) is 3. The first-order chi connectivity index (χ1) is 14.6. The van der Waals surface area contributed by atoms with E-state index in [0.717, 1.165) is 0 Å². The number of halogens is 4. The summed E-state index contributed by atoms with van der Waals surface area (Å²) in [5.41, 5.74) is 5.49. The second-order valence-electron chi connectivity index (χ2n) is 6.55. The van der Waals surface area contributed by atoms with Gasteiger partial charge >= 0.3 is 17.8 Å². The molecule has 0 bridgehead atoms. The molecule has 3 rings (SSSR count). The van der Waals surface area contributed by atoms with Gasteiger partial charge in [0.2, 0.25) is 5.82 Å². The van der Waals surface area contributed by atoms with Crippen molar-refractivity contribution in [2.45, 2.75) is 19.0 Å². The lowest BCUT2D eigenvalue weighted by Gasteiger charge is -2.09. The molecule has 12 heteroatoms. The van der Waals surface area contributed by atoms with Crippen LogP contribution in [-0.4, -0.2) is 33.3 Å². The maximum Gasteiger partial charge on any atom is 0.452 e. The van der Waals surface area contributed by atoms with Gasteiger partial charge in [-0.3, -0.25) is 10.2 Å². The van der Waals surface area contributed by atoms with Crippen molar-refractivity contribution in [1.29, 1.82) is 5.41 Å². The Balaban J connectivity index is 0.00000363. The predicted molar refractivity (Wildman–Crippen MR) is 113 cm³/mol. The number of benzene rings is 2. The Labute approximate surface area is 186 Å². The zero-order valence-corrected chi connectivity index (χ0v) is 17.5. The van der Waals surface area contributed by atoms with Crippen LogP contribution in [0.1, 0.15) is 23.4 Å². The molecule has 8 nitrogen and oxygen atoms in total. The van der Waals surface area contributed by atoms with E-state index in [1.54, 1.807) is 0 Å². The second-order valence-corrected chi connectivity index (χ2v) is 6.55. The molecule has 0 atom stereocenters. The van der Waals surface area contributed by atoms with E-state index in [1.807, 2.05) is 0 Å². The van der Waals surface area contributed by atoms with Crippen LogP contribution in [-0.2, 0) is 22.1 Å². The summed E-state index contributed by atoms with van der Waals surface area (Å²) in [7, 11) is 1.27. The van der Waals surface area contributed by atoms with Crippen molar-refractivity contribution in [3.8, 4) is 11.4 Å². The highest BCUT2D eigenvalue weighted by Crippen LogP contribution is 2.29. The van der Waals surface area contributed by atoms with Crippen molar-refractivity contribution in [1.82, 2.24) is 14.3 Å². The van der Waals surface area contributed by atoms with Crippen LogP contribution < -0.4 is 11.4 Å². The molecule has 0 saturated carbocycles. The Kier molecular flexibility index (Phi) is 7.47. The van der Waals surface area contributed by atoms with Crippen LogP contribution in [0, 0.1) is 5.41 Å². The van der Waals surface area contributed by atoms with Crippen LogP contribution in [0.3, 0.4) is 0 Å². The fraction of sp³-hybridized carbons (Fsp3) is 0.200. The number of methoxy groups -OCH3 is 1. The summed E-state index contributed by atoms with van der Waals surface area (Å²) < 4.78 is 46.5. The van der Waals surface area contributed by atoms with Gasteiger partial charge in [0.25, 0.3) is 0 Å². The number of hydrogen-bond donors (Lipinski definition) is 2. The Bertz CT molecular complexity index is 1170. The maximum absolute atomic E-state index is 13.6. The number of ether oxygens (including phenoxy) is 1. The number of rotatable bonds is 6. The summed E-state index contributed by atoms with van der Waals surface area (Å²) in [6.07, 6.45) is -4.42. The Morgan fingerprint density at radius 3 is 2.16 bits per heavy atom. The van der Waals surface area contributed by atoms with Crippen molar-refractivity contribution in [2.24, 2.45) is 5.73 Å². The number of aryl methyl sites for hydroxylation is 1. The summed E-state index contributed by atoms with van der Waals surface area (Å²) >= 11 is 0. The number of carbonyl (C=O) groups is 1. The minimum atomic E-state index is -4.88. The summed E-state index contributed by atoms with van der Waals surface area (Å²) in [5.74, 6) is -2.00. The smallest absolute Gasteiger partial charge is 0.452 e. The zero-order valence-electron chi connectivity index (χ0n) is 16.7. The van der Waals surface area contributed by atoms with E-state index in [-0.39, 0.29) is 36.0 Å². The molecule has 0 aliphatic heterocycles. The molecular formula is C20H19ClF3N5O3. The average molecular weight is 470 g/mol. The first-order valence-electron chi connectivity index (χ1n) is 9.02. The van der Waals surface area contributed by atoms with Crippen molar-refractivity contribution in [2.75, 3.05) is 7.11 Å². The number of nitrogens with two attached hydrogens (primary N) is 1. The van der Waals surface area contributed by atoms with E-state index in [4.69, 9.17) is 11.1 Å². The van der Waals surface area contributed by atoms with Gasteiger partial charge in [-0.05, 0) is 48.4 Å². The minimum Gasteiger partial charge on any atom is -0.469 e. The molecule has 1 aromatic heterocycles. The molecule has 3 N–H and O–H groups in total. The highest BCUT2D eigenvalue weighted by Gasteiger charge is 2.39. The third kappa shape index (κ3) is 5.17. The van der Waals surface area contributed by atoms with Crippen molar-refractivity contribution in [3.05, 3.63) is 76.0 Å². The molecule has 32 heavy (non-hydrogen) atoms. The van der Waals surface area contributed by atoms with Gasteiger partial charge in [-0.15, -0.1) is 17.5 Å². The molecule has 0 saturated heterocycles. The third-order valence-electron chi connectivity index (χ3n) is 4.50. The van der Waals surface area contributed by atoms with Gasteiger partial charge in [0.05, 0.1) is 18.5 Å². The topological polar surface area (TPSA) is 116 Å². The molecule has 0 spiro atoms. The zero-order chi connectivity index (χ0) is 22.8. The van der Waals surface area contributed by atoms with Gasteiger partial charge in [0.15, 0.2) is 0 Å². The van der Waals surface area contributed by atoms with Crippen LogP contribution in [0.15, 0.2) is 53.3 Å². The van der Waals surface area contributed by atoms with Gasteiger partial charge in [-0.1, -0.05) is 12.1 Å². The lowest BCUT2D eigenvalue weighted by molar-refractivity contribution is -0.146. The van der Waals surface area contributed by atoms with Crippen LogP contribution in [0.5, 0.6) is 0 Å². The average Bonchev–Trinajstić information content (AvgIpc) is 3.10. The van der Waals surface area contributed by atoms with Gasteiger partial charge < -0.3 is 10.5 Å². The molecule has 1 heterocycles. The Morgan fingerprint density at radius 2 is 1.66 bits per heavy atom. The van der Waals surface area contributed by atoms with E-state index in [0.29, 0.717) is 26.8 Å². The standard InChI is InChI=1S/C20H18F3N5O3.ClH/c1-31-16(29)11-4-12-2-7-14(8-3-12)27-18(20(21,22)23)26-28(19(27)30)15-9-5-13(6-10-15)17(24)25;/h2-3,5-10H,4,11H2,1H3,(H3,24,25);1H. The maximum atomic E-state index is 13.6. The lowest BCUT2D eigenvalue weighted by atomic mass is 10.1. The molecule has 170 valence electrons. The Hall–Kier alpha value is -3.60. The third-order valence-corrected chi connectivity index (χ3v) is 4.50. The van der Waals surface area contributed by atoms with Gasteiger partial charge in [-0.2, -0.15) is 17.9 Å². The number of esters is 1.